The van der Waals surface area contributed by atoms with Crippen molar-refractivity contribution in [3.63, 3.8) is 0 Å². The van der Waals surface area contributed by atoms with Gasteiger partial charge in [-0.3, -0.25) is 4.79 Å². The molecule has 0 heterocycles. The van der Waals surface area contributed by atoms with Crippen molar-refractivity contribution in [3.05, 3.63) is 29.3 Å². The van der Waals surface area contributed by atoms with Gasteiger partial charge in [-0.05, 0) is 42.9 Å². The molecule has 0 aliphatic heterocycles. The van der Waals surface area contributed by atoms with Crippen molar-refractivity contribution in [1.29, 1.82) is 5.26 Å². The maximum absolute atomic E-state index is 11.4. The van der Waals surface area contributed by atoms with Crippen LogP contribution < -0.4 is 0 Å². The Hall–Kier alpha value is -1.51. The summed E-state index contributed by atoms with van der Waals surface area (Å²) >= 11 is 1.61. The third-order valence-corrected chi connectivity index (χ3v) is 5.25. The lowest BCUT2D eigenvalue weighted by molar-refractivity contribution is -0.141. The van der Waals surface area contributed by atoms with Crippen LogP contribution >= 0.6 is 11.8 Å². The van der Waals surface area contributed by atoms with E-state index in [4.69, 9.17) is 10.00 Å². The Morgan fingerprint density at radius 3 is 2.81 bits per heavy atom. The van der Waals surface area contributed by atoms with Crippen molar-refractivity contribution in [2.24, 2.45) is 5.41 Å². The van der Waals surface area contributed by atoms with Crippen LogP contribution in [0.2, 0.25) is 0 Å². The minimum absolute atomic E-state index is 0.0242. The van der Waals surface area contributed by atoms with Crippen molar-refractivity contribution in [1.82, 2.24) is 0 Å². The molecule has 1 atom stereocenters. The molecule has 5 heteroatoms. The second-order valence-electron chi connectivity index (χ2n) is 5.58. The van der Waals surface area contributed by atoms with Crippen LogP contribution in [0, 0.1) is 16.7 Å². The largest absolute Gasteiger partial charge is 0.469 e. The molecule has 0 aromatic heterocycles. The van der Waals surface area contributed by atoms with E-state index in [0.29, 0.717) is 12.0 Å². The molecule has 0 radical (unpaired) electrons. The van der Waals surface area contributed by atoms with Gasteiger partial charge < -0.3 is 9.84 Å². The molecule has 4 nitrogen and oxygen atoms in total. The summed E-state index contributed by atoms with van der Waals surface area (Å²) in [4.78, 5) is 12.4. The molecular formula is C16H19NO3S. The van der Waals surface area contributed by atoms with E-state index in [1.54, 1.807) is 36.9 Å². The van der Waals surface area contributed by atoms with E-state index < -0.39 is 6.10 Å². The fraction of sp³-hybridized carbons (Fsp3) is 0.500. The van der Waals surface area contributed by atoms with E-state index >= 15 is 0 Å². The van der Waals surface area contributed by atoms with Gasteiger partial charge in [-0.1, -0.05) is 6.07 Å². The highest BCUT2D eigenvalue weighted by atomic mass is 32.2. The number of hydrogen-bond acceptors (Lipinski definition) is 5. The van der Waals surface area contributed by atoms with Crippen LogP contribution in [0.5, 0.6) is 0 Å². The highest BCUT2D eigenvalue weighted by molar-refractivity contribution is 7.99. The molecular weight excluding hydrogens is 286 g/mol. The molecule has 1 aliphatic rings. The summed E-state index contributed by atoms with van der Waals surface area (Å²) < 4.78 is 4.75. The first kappa shape index (κ1) is 15.9. The Bertz CT molecular complexity index is 573. The molecule has 0 unspecified atom stereocenters. The van der Waals surface area contributed by atoms with Gasteiger partial charge in [0.2, 0.25) is 0 Å². The second kappa shape index (κ2) is 6.50. The molecule has 1 aromatic rings. The highest BCUT2D eigenvalue weighted by Crippen LogP contribution is 2.52. The number of carbonyl (C=O) groups is 1. The highest BCUT2D eigenvalue weighted by Gasteiger charge is 2.44. The van der Waals surface area contributed by atoms with E-state index in [1.165, 1.54) is 7.11 Å². The quantitative estimate of drug-likeness (QED) is 0.646. The normalized spacial score (nSPS) is 16.9. The maximum atomic E-state index is 11.4. The Labute approximate surface area is 129 Å². The van der Waals surface area contributed by atoms with Gasteiger partial charge in [-0.25, -0.2) is 0 Å². The third kappa shape index (κ3) is 3.99. The summed E-state index contributed by atoms with van der Waals surface area (Å²) in [5, 5.41) is 18.8. The average molecular weight is 305 g/mol. The third-order valence-electron chi connectivity index (χ3n) is 3.83. The van der Waals surface area contributed by atoms with Crippen molar-refractivity contribution in [3.8, 4) is 6.07 Å². The number of methoxy groups -OCH3 is 1. The van der Waals surface area contributed by atoms with Crippen LogP contribution in [-0.4, -0.2) is 23.9 Å². The number of aliphatic hydroxyl groups excluding tert-OH is 1. The number of ether oxygens (including phenoxy) is 1. The molecule has 1 fully saturated rings. The minimum atomic E-state index is -0.573. The van der Waals surface area contributed by atoms with Gasteiger partial charge in [0, 0.05) is 10.6 Å². The summed E-state index contributed by atoms with van der Waals surface area (Å²) in [6.07, 6.45) is 1.92. The number of benzene rings is 1. The SMILES string of the molecule is COC(=O)CC1(CSc2cc(C#N)ccc2[C@H](C)O)CC1. The monoisotopic (exact) mass is 305 g/mol. The molecule has 0 spiro atoms. The fourth-order valence-corrected chi connectivity index (χ4v) is 3.70. The Morgan fingerprint density at radius 2 is 2.29 bits per heavy atom. The molecule has 0 amide bonds. The number of aliphatic hydroxyl groups is 1. The average Bonchev–Trinajstić information content (AvgIpc) is 3.24. The zero-order chi connectivity index (χ0) is 15.5. The number of carbonyl (C=O) groups excluding carboxylic acids is 1. The topological polar surface area (TPSA) is 70.3 Å². The number of nitriles is 1. The lowest BCUT2D eigenvalue weighted by Crippen LogP contribution is -2.13. The minimum Gasteiger partial charge on any atom is -0.469 e. The summed E-state index contributed by atoms with van der Waals surface area (Å²) in [5.74, 6) is 0.631. The van der Waals surface area contributed by atoms with Crippen molar-refractivity contribution < 1.29 is 14.6 Å². The van der Waals surface area contributed by atoms with Crippen LogP contribution in [-0.2, 0) is 9.53 Å². The summed E-state index contributed by atoms with van der Waals surface area (Å²) in [7, 11) is 1.41. The van der Waals surface area contributed by atoms with Crippen LogP contribution in [0.25, 0.3) is 0 Å². The maximum Gasteiger partial charge on any atom is 0.306 e. The molecule has 112 valence electrons. The van der Waals surface area contributed by atoms with E-state index in [1.807, 2.05) is 0 Å². The van der Waals surface area contributed by atoms with Crippen molar-refractivity contribution >= 4 is 17.7 Å². The van der Waals surface area contributed by atoms with E-state index in [0.717, 1.165) is 29.1 Å². The molecule has 1 N–H and O–H groups in total. The molecule has 0 saturated heterocycles. The number of esters is 1. The molecule has 21 heavy (non-hydrogen) atoms. The van der Waals surface area contributed by atoms with Gasteiger partial charge in [0.25, 0.3) is 0 Å². The molecule has 1 saturated carbocycles. The molecule has 0 bridgehead atoms. The number of hydrogen-bond donors (Lipinski definition) is 1. The van der Waals surface area contributed by atoms with Crippen molar-refractivity contribution in [2.75, 3.05) is 12.9 Å². The zero-order valence-corrected chi connectivity index (χ0v) is 13.1. The van der Waals surface area contributed by atoms with Gasteiger partial charge in [0.05, 0.1) is 31.3 Å². The van der Waals surface area contributed by atoms with Gasteiger partial charge in [0.15, 0.2) is 0 Å². The summed E-state index contributed by atoms with van der Waals surface area (Å²) in [6, 6.07) is 7.44. The predicted octanol–water partition coefficient (Wildman–Crippen LogP) is 3.05. The van der Waals surface area contributed by atoms with Gasteiger partial charge >= 0.3 is 5.97 Å². The second-order valence-corrected chi connectivity index (χ2v) is 6.60. The molecule has 1 aromatic carbocycles. The fourth-order valence-electron chi connectivity index (χ4n) is 2.23. The lowest BCUT2D eigenvalue weighted by Gasteiger charge is -2.16. The Balaban J connectivity index is 2.09. The first-order valence-corrected chi connectivity index (χ1v) is 7.90. The number of thioether (sulfide) groups is 1. The Morgan fingerprint density at radius 1 is 1.57 bits per heavy atom. The Kier molecular flexibility index (Phi) is 4.92. The van der Waals surface area contributed by atoms with Crippen molar-refractivity contribution in [2.45, 2.75) is 37.2 Å². The van der Waals surface area contributed by atoms with Gasteiger partial charge in [-0.2, -0.15) is 5.26 Å². The number of nitrogens with zero attached hydrogens (tertiary/aromatic N) is 1. The zero-order valence-electron chi connectivity index (χ0n) is 12.3. The smallest absolute Gasteiger partial charge is 0.306 e. The van der Waals surface area contributed by atoms with Crippen LogP contribution in [0.15, 0.2) is 23.1 Å². The summed E-state index contributed by atoms with van der Waals surface area (Å²) in [6.45, 7) is 1.72. The van der Waals surface area contributed by atoms with Crippen LogP contribution in [0.1, 0.15) is 43.4 Å². The lowest BCUT2D eigenvalue weighted by atomic mass is 10.1. The standard InChI is InChI=1S/C16H19NO3S/c1-11(18)13-4-3-12(9-17)7-14(13)21-10-16(5-6-16)8-15(19)20-2/h3-4,7,11,18H,5-6,8,10H2,1-2H3/t11-/m0/s1. The molecule has 2 rings (SSSR count). The number of rotatable bonds is 6. The first-order chi connectivity index (χ1) is 9.99. The van der Waals surface area contributed by atoms with Crippen LogP contribution in [0.4, 0.5) is 0 Å². The van der Waals surface area contributed by atoms with Crippen LogP contribution in [0.3, 0.4) is 0 Å². The molecule has 1 aliphatic carbocycles. The van der Waals surface area contributed by atoms with E-state index in [-0.39, 0.29) is 11.4 Å². The predicted molar refractivity (Wildman–Crippen MR) is 80.8 cm³/mol. The first-order valence-electron chi connectivity index (χ1n) is 6.91. The van der Waals surface area contributed by atoms with E-state index in [9.17, 15) is 9.90 Å². The summed E-state index contributed by atoms with van der Waals surface area (Å²) in [5.41, 5.74) is 1.43. The van der Waals surface area contributed by atoms with Gasteiger partial charge in [-0.15, -0.1) is 11.8 Å². The van der Waals surface area contributed by atoms with Gasteiger partial charge in [0.1, 0.15) is 0 Å². The van der Waals surface area contributed by atoms with E-state index in [2.05, 4.69) is 6.07 Å².